The Morgan fingerprint density at radius 3 is 0.971 bits per heavy atom. The molecule has 0 aliphatic carbocycles. The van der Waals surface area contributed by atoms with Crippen LogP contribution >= 0.6 is 0 Å². The van der Waals surface area contributed by atoms with Crippen molar-refractivity contribution in [2.45, 2.75) is 200 Å². The van der Waals surface area contributed by atoms with Crippen LogP contribution in [0.1, 0.15) is 194 Å². The Labute approximate surface area is 416 Å². The van der Waals surface area contributed by atoms with E-state index in [1.165, 1.54) is 12.8 Å². The first-order chi connectivity index (χ1) is 33.5. The Balaban J connectivity index is 4.56. The van der Waals surface area contributed by atoms with Gasteiger partial charge in [-0.05, 0) is 128 Å². The number of hydrogen-bond donors (Lipinski definition) is 0. The Kier molecular flexibility index (Phi) is 50.6. The molecule has 0 N–H and O–H groups in total. The van der Waals surface area contributed by atoms with E-state index in [9.17, 15) is 14.4 Å². The summed E-state index contributed by atoms with van der Waals surface area (Å²) in [6.07, 6.45) is 79.6. The Morgan fingerprint density at radius 2 is 0.588 bits per heavy atom. The van der Waals surface area contributed by atoms with Crippen LogP contribution in [-0.4, -0.2) is 37.2 Å². The number of allylic oxidation sites excluding steroid dienone is 26. The van der Waals surface area contributed by atoms with E-state index in [2.05, 4.69) is 179 Å². The summed E-state index contributed by atoms with van der Waals surface area (Å²) in [4.78, 5) is 37.9. The van der Waals surface area contributed by atoms with Crippen molar-refractivity contribution in [1.82, 2.24) is 0 Å². The molecule has 0 aliphatic rings. The van der Waals surface area contributed by atoms with E-state index in [4.69, 9.17) is 14.2 Å². The zero-order chi connectivity index (χ0) is 49.3. The summed E-state index contributed by atoms with van der Waals surface area (Å²) < 4.78 is 16.7. The highest BCUT2D eigenvalue weighted by molar-refractivity contribution is 5.71. The molecule has 0 radical (unpaired) electrons. The van der Waals surface area contributed by atoms with Gasteiger partial charge >= 0.3 is 17.9 Å². The van der Waals surface area contributed by atoms with Crippen LogP contribution in [0.15, 0.2) is 158 Å². The first kappa shape index (κ1) is 63.0. The molecule has 0 heterocycles. The fourth-order valence-electron chi connectivity index (χ4n) is 6.35. The molecular weight excluding hydrogens is 841 g/mol. The second-order valence-electron chi connectivity index (χ2n) is 16.7. The molecular formula is C62H94O6. The summed E-state index contributed by atoms with van der Waals surface area (Å²) in [5.41, 5.74) is 0. The fourth-order valence-corrected chi connectivity index (χ4v) is 6.35. The van der Waals surface area contributed by atoms with Gasteiger partial charge in [0.25, 0.3) is 0 Å². The third kappa shape index (κ3) is 52.0. The van der Waals surface area contributed by atoms with Crippen molar-refractivity contribution in [2.75, 3.05) is 13.2 Å². The van der Waals surface area contributed by atoms with Crippen molar-refractivity contribution in [3.63, 3.8) is 0 Å². The summed E-state index contributed by atoms with van der Waals surface area (Å²) in [7, 11) is 0. The maximum atomic E-state index is 12.8. The first-order valence-electron chi connectivity index (χ1n) is 26.5. The van der Waals surface area contributed by atoms with E-state index < -0.39 is 12.1 Å². The molecule has 68 heavy (non-hydrogen) atoms. The van der Waals surface area contributed by atoms with Gasteiger partial charge in [0.2, 0.25) is 0 Å². The molecule has 0 saturated heterocycles. The van der Waals surface area contributed by atoms with Crippen LogP contribution in [0, 0.1) is 0 Å². The minimum absolute atomic E-state index is 0.131. The maximum Gasteiger partial charge on any atom is 0.306 e. The molecule has 0 amide bonds. The van der Waals surface area contributed by atoms with Crippen molar-refractivity contribution >= 4 is 17.9 Å². The summed E-state index contributed by atoms with van der Waals surface area (Å²) in [5, 5.41) is 0. The van der Waals surface area contributed by atoms with Crippen molar-refractivity contribution in [3.05, 3.63) is 158 Å². The lowest BCUT2D eigenvalue weighted by atomic mass is 10.1. The van der Waals surface area contributed by atoms with E-state index in [0.29, 0.717) is 19.3 Å². The molecule has 6 heteroatoms. The summed E-state index contributed by atoms with van der Waals surface area (Å²) in [6.45, 7) is 6.21. The highest BCUT2D eigenvalue weighted by Gasteiger charge is 2.19. The number of esters is 3. The monoisotopic (exact) mass is 935 g/mol. The number of ether oxygens (including phenoxy) is 3. The zero-order valence-electron chi connectivity index (χ0n) is 43.0. The van der Waals surface area contributed by atoms with Gasteiger partial charge in [-0.1, -0.05) is 204 Å². The van der Waals surface area contributed by atoms with Gasteiger partial charge in [-0.2, -0.15) is 0 Å². The van der Waals surface area contributed by atoms with E-state index in [0.717, 1.165) is 128 Å². The molecule has 0 spiro atoms. The second kappa shape index (κ2) is 54.6. The van der Waals surface area contributed by atoms with Crippen LogP contribution in [0.25, 0.3) is 0 Å². The molecule has 0 saturated carbocycles. The van der Waals surface area contributed by atoms with Gasteiger partial charge in [-0.3, -0.25) is 14.4 Å². The molecule has 378 valence electrons. The van der Waals surface area contributed by atoms with Gasteiger partial charge in [0.1, 0.15) is 13.2 Å². The predicted molar refractivity (Wildman–Crippen MR) is 292 cm³/mol. The quantitative estimate of drug-likeness (QED) is 0.0262. The van der Waals surface area contributed by atoms with Crippen LogP contribution < -0.4 is 0 Å². The third-order valence-corrected chi connectivity index (χ3v) is 10.2. The molecule has 0 aliphatic heterocycles. The Hall–Kier alpha value is -4.97. The van der Waals surface area contributed by atoms with Crippen molar-refractivity contribution in [2.24, 2.45) is 0 Å². The van der Waals surface area contributed by atoms with Crippen LogP contribution in [0.5, 0.6) is 0 Å². The van der Waals surface area contributed by atoms with Crippen LogP contribution in [0.3, 0.4) is 0 Å². The van der Waals surface area contributed by atoms with Crippen molar-refractivity contribution < 1.29 is 28.6 Å². The Bertz CT molecular complexity index is 1590. The van der Waals surface area contributed by atoms with Gasteiger partial charge < -0.3 is 14.2 Å². The first-order valence-corrected chi connectivity index (χ1v) is 26.5. The Morgan fingerprint density at radius 1 is 0.309 bits per heavy atom. The molecule has 0 fully saturated rings. The smallest absolute Gasteiger partial charge is 0.306 e. The summed E-state index contributed by atoms with van der Waals surface area (Å²) >= 11 is 0. The van der Waals surface area contributed by atoms with E-state index in [1.807, 2.05) is 0 Å². The second-order valence-corrected chi connectivity index (χ2v) is 16.7. The van der Waals surface area contributed by atoms with E-state index >= 15 is 0 Å². The molecule has 1 unspecified atom stereocenters. The minimum Gasteiger partial charge on any atom is -0.462 e. The topological polar surface area (TPSA) is 78.9 Å². The number of rotatable bonds is 45. The maximum absolute atomic E-state index is 12.8. The predicted octanol–water partition coefficient (Wildman–Crippen LogP) is 17.8. The van der Waals surface area contributed by atoms with Crippen molar-refractivity contribution in [3.8, 4) is 0 Å². The average molecular weight is 935 g/mol. The molecule has 6 nitrogen and oxygen atoms in total. The molecule has 0 aromatic heterocycles. The summed E-state index contributed by atoms with van der Waals surface area (Å²) in [6, 6.07) is 0. The van der Waals surface area contributed by atoms with Gasteiger partial charge in [0.15, 0.2) is 6.10 Å². The average Bonchev–Trinajstić information content (AvgIpc) is 3.34. The van der Waals surface area contributed by atoms with E-state index in [1.54, 1.807) is 0 Å². The zero-order valence-corrected chi connectivity index (χ0v) is 43.0. The number of hydrogen-bond acceptors (Lipinski definition) is 6. The van der Waals surface area contributed by atoms with Gasteiger partial charge in [-0.25, -0.2) is 0 Å². The van der Waals surface area contributed by atoms with E-state index in [-0.39, 0.29) is 38.0 Å². The molecule has 1 atom stereocenters. The largest absolute Gasteiger partial charge is 0.462 e. The third-order valence-electron chi connectivity index (χ3n) is 10.2. The number of carbonyl (C=O) groups is 3. The van der Waals surface area contributed by atoms with Gasteiger partial charge in [-0.15, -0.1) is 0 Å². The highest BCUT2D eigenvalue weighted by atomic mass is 16.6. The molecule has 0 aromatic carbocycles. The van der Waals surface area contributed by atoms with Crippen LogP contribution in [-0.2, 0) is 28.6 Å². The lowest BCUT2D eigenvalue weighted by molar-refractivity contribution is -0.167. The molecule has 0 aromatic rings. The number of carbonyl (C=O) groups excluding carboxylic acids is 3. The lowest BCUT2D eigenvalue weighted by Gasteiger charge is -2.18. The fraction of sp³-hybridized carbons (Fsp3) is 0.532. The molecule has 0 rings (SSSR count). The number of unbranched alkanes of at least 4 members (excludes halogenated alkanes) is 8. The van der Waals surface area contributed by atoms with Crippen molar-refractivity contribution in [1.29, 1.82) is 0 Å². The SMILES string of the molecule is CC/C=C\C/C=C\C/C=C\C/C=C\C/C=C\C/C=C\C/C=C\CCCC(=O)OCC(COC(=O)CCCCCCC/C=C\CCC)OC(=O)CCC/C=C\C/C=C\C/C=C\C/C=C\C/C=C\CC. The standard InChI is InChI=1S/C62H94O6/c1-4-7-10-13-16-19-22-24-26-28-29-30-31-32-33-35-36-38-40-43-46-49-52-55-61(64)67-58-59(57-66-60(63)54-51-48-45-42-21-18-15-12-9-6-3)68-62(65)56-53-50-47-44-41-39-37-34-27-25-23-20-17-14-11-8-5-2/h7-8,10-12,15-17,19-20,24-27,29-30,32-33,36-39,43-44,46-47,59H,4-6,9,13-14,18,21-23,28,31,34-35,40-42,45,48-58H2,1-3H3/b10-7-,11-8-,15-12-,19-16-,20-17-,26-24-,27-25-,30-29-,33-32-,38-36-,39-37-,46-43-,47-44-. The summed E-state index contributed by atoms with van der Waals surface area (Å²) in [5.74, 6) is -1.08. The van der Waals surface area contributed by atoms with Gasteiger partial charge in [0, 0.05) is 19.3 Å². The normalized spacial score (nSPS) is 13.4. The van der Waals surface area contributed by atoms with Crippen LogP contribution in [0.2, 0.25) is 0 Å². The molecule has 0 bridgehead atoms. The van der Waals surface area contributed by atoms with Crippen LogP contribution in [0.4, 0.5) is 0 Å². The highest BCUT2D eigenvalue weighted by Crippen LogP contribution is 2.11. The lowest BCUT2D eigenvalue weighted by Crippen LogP contribution is -2.30. The van der Waals surface area contributed by atoms with Gasteiger partial charge in [0.05, 0.1) is 0 Å². The minimum atomic E-state index is -0.842.